The van der Waals surface area contributed by atoms with E-state index in [1.54, 1.807) is 13.0 Å². The van der Waals surface area contributed by atoms with E-state index in [1.165, 1.54) is 6.08 Å². The summed E-state index contributed by atoms with van der Waals surface area (Å²) in [7, 11) is 0. The van der Waals surface area contributed by atoms with Crippen LogP contribution in [0.1, 0.15) is 18.9 Å². The monoisotopic (exact) mass is 268 g/mol. The molecule has 0 radical (unpaired) electrons. The molecule has 1 aliphatic rings. The fourth-order valence-corrected chi connectivity index (χ4v) is 2.12. The molecule has 0 saturated heterocycles. The molecule has 4 heteroatoms. The summed E-state index contributed by atoms with van der Waals surface area (Å²) < 4.78 is 44.3. The second-order valence-corrected chi connectivity index (χ2v) is 4.38. The predicted octanol–water partition coefficient (Wildman–Crippen LogP) is 4.37. The second-order valence-electron chi connectivity index (χ2n) is 4.38. The van der Waals surface area contributed by atoms with E-state index in [-0.39, 0.29) is 13.0 Å². The molecule has 1 aromatic rings. The first-order chi connectivity index (χ1) is 8.98. The van der Waals surface area contributed by atoms with Crippen LogP contribution >= 0.6 is 0 Å². The molecule has 1 nitrogen and oxygen atoms in total. The molecule has 1 atom stereocenters. The van der Waals surface area contributed by atoms with Gasteiger partial charge in [0, 0.05) is 13.0 Å². The lowest BCUT2D eigenvalue weighted by Gasteiger charge is -2.34. The molecule has 0 saturated carbocycles. The highest BCUT2D eigenvalue weighted by atomic mass is 19.4. The summed E-state index contributed by atoms with van der Waals surface area (Å²) in [5, 5.41) is 0. The maximum atomic E-state index is 13.1. The van der Waals surface area contributed by atoms with Gasteiger partial charge in [0.2, 0.25) is 0 Å². The van der Waals surface area contributed by atoms with E-state index < -0.39 is 11.8 Å². The van der Waals surface area contributed by atoms with Crippen molar-refractivity contribution in [1.82, 2.24) is 0 Å². The number of rotatable bonds is 3. The van der Waals surface area contributed by atoms with Crippen molar-refractivity contribution in [3.8, 4) is 0 Å². The third kappa shape index (κ3) is 2.73. The normalized spacial score (nSPS) is 23.3. The fraction of sp³-hybridized carbons (Fsp3) is 0.333. The fourth-order valence-electron chi connectivity index (χ4n) is 2.12. The summed E-state index contributed by atoms with van der Waals surface area (Å²) in [6.07, 6.45) is -0.400. The third-order valence-corrected chi connectivity index (χ3v) is 3.15. The average molecular weight is 268 g/mol. The lowest BCUT2D eigenvalue weighted by Crippen LogP contribution is -2.46. The third-order valence-electron chi connectivity index (χ3n) is 3.15. The van der Waals surface area contributed by atoms with Crippen LogP contribution in [0.15, 0.2) is 48.6 Å². The van der Waals surface area contributed by atoms with Gasteiger partial charge in [0.05, 0.1) is 0 Å². The zero-order valence-corrected chi connectivity index (χ0v) is 10.6. The Morgan fingerprint density at radius 3 is 2.37 bits per heavy atom. The van der Waals surface area contributed by atoms with Gasteiger partial charge >= 0.3 is 6.18 Å². The van der Waals surface area contributed by atoms with Gasteiger partial charge in [-0.15, -0.1) is 0 Å². The SMILES string of the molecule is CCOC1(C(F)(F)F)C=CC(c2ccccc2)=CC1. The highest BCUT2D eigenvalue weighted by molar-refractivity contribution is 5.75. The van der Waals surface area contributed by atoms with Gasteiger partial charge in [0.15, 0.2) is 5.60 Å². The summed E-state index contributed by atoms with van der Waals surface area (Å²) >= 11 is 0. The van der Waals surface area contributed by atoms with Crippen molar-refractivity contribution >= 4 is 5.57 Å². The molecule has 2 rings (SSSR count). The summed E-state index contributed by atoms with van der Waals surface area (Å²) in [5.74, 6) is 0. The molecule has 0 bridgehead atoms. The quantitative estimate of drug-likeness (QED) is 0.791. The van der Waals surface area contributed by atoms with Crippen LogP contribution in [0, 0.1) is 0 Å². The Morgan fingerprint density at radius 1 is 1.21 bits per heavy atom. The van der Waals surface area contributed by atoms with Crippen LogP contribution in [0.2, 0.25) is 0 Å². The number of ether oxygens (including phenoxy) is 1. The molecule has 1 unspecified atom stereocenters. The van der Waals surface area contributed by atoms with Crippen molar-refractivity contribution in [3.63, 3.8) is 0 Å². The zero-order chi connectivity index (χ0) is 13.9. The van der Waals surface area contributed by atoms with Gasteiger partial charge in [0.25, 0.3) is 0 Å². The van der Waals surface area contributed by atoms with Crippen molar-refractivity contribution in [2.45, 2.75) is 25.1 Å². The van der Waals surface area contributed by atoms with Gasteiger partial charge in [-0.1, -0.05) is 42.5 Å². The first-order valence-electron chi connectivity index (χ1n) is 6.14. The van der Waals surface area contributed by atoms with E-state index in [2.05, 4.69) is 0 Å². The Hall–Kier alpha value is -1.55. The number of alkyl halides is 3. The van der Waals surface area contributed by atoms with Gasteiger partial charge in [0.1, 0.15) is 0 Å². The number of allylic oxidation sites excluding steroid dienone is 2. The molecule has 1 aromatic carbocycles. The molecular weight excluding hydrogens is 253 g/mol. The Bertz CT molecular complexity index is 488. The Kier molecular flexibility index (Phi) is 3.80. The summed E-state index contributed by atoms with van der Waals surface area (Å²) in [6, 6.07) is 9.34. The van der Waals surface area contributed by atoms with Crippen LogP contribution in [0.5, 0.6) is 0 Å². The molecule has 0 fully saturated rings. The van der Waals surface area contributed by atoms with Crippen LogP contribution < -0.4 is 0 Å². The number of halogens is 3. The van der Waals surface area contributed by atoms with Gasteiger partial charge in [-0.25, -0.2) is 0 Å². The Morgan fingerprint density at radius 2 is 1.89 bits per heavy atom. The Balaban J connectivity index is 2.26. The average Bonchev–Trinajstić information content (AvgIpc) is 2.40. The smallest absolute Gasteiger partial charge is 0.361 e. The van der Waals surface area contributed by atoms with E-state index in [0.717, 1.165) is 17.2 Å². The molecule has 0 aliphatic heterocycles. The second kappa shape index (κ2) is 5.21. The van der Waals surface area contributed by atoms with Crippen molar-refractivity contribution < 1.29 is 17.9 Å². The van der Waals surface area contributed by atoms with Crippen molar-refractivity contribution in [1.29, 1.82) is 0 Å². The van der Waals surface area contributed by atoms with Crippen molar-refractivity contribution in [2.24, 2.45) is 0 Å². The summed E-state index contributed by atoms with van der Waals surface area (Å²) in [4.78, 5) is 0. The first kappa shape index (κ1) is 13.9. The van der Waals surface area contributed by atoms with Crippen LogP contribution in [0.4, 0.5) is 13.2 Å². The largest absolute Gasteiger partial charge is 0.421 e. The van der Waals surface area contributed by atoms with Crippen LogP contribution in [-0.2, 0) is 4.74 Å². The molecule has 0 N–H and O–H groups in total. The van der Waals surface area contributed by atoms with Gasteiger partial charge in [-0.2, -0.15) is 13.2 Å². The highest BCUT2D eigenvalue weighted by Gasteiger charge is 2.54. The van der Waals surface area contributed by atoms with E-state index in [9.17, 15) is 13.2 Å². The zero-order valence-electron chi connectivity index (χ0n) is 10.6. The molecular formula is C15H15F3O. The Labute approximate surface area is 110 Å². The minimum atomic E-state index is -4.40. The van der Waals surface area contributed by atoms with Gasteiger partial charge in [-0.05, 0) is 24.1 Å². The van der Waals surface area contributed by atoms with Crippen molar-refractivity contribution in [3.05, 3.63) is 54.1 Å². The number of hydrogen-bond donors (Lipinski definition) is 0. The standard InChI is InChI=1S/C15H15F3O/c1-2-19-14(15(16,17)18)10-8-13(9-11-14)12-6-4-3-5-7-12/h3-10H,2,11H2,1H3. The minimum Gasteiger partial charge on any atom is -0.361 e. The summed E-state index contributed by atoms with van der Waals surface area (Å²) in [5.41, 5.74) is -0.480. The van der Waals surface area contributed by atoms with E-state index >= 15 is 0 Å². The molecule has 0 spiro atoms. The van der Waals surface area contributed by atoms with Gasteiger partial charge < -0.3 is 4.74 Å². The number of hydrogen-bond acceptors (Lipinski definition) is 1. The maximum absolute atomic E-state index is 13.1. The molecule has 0 heterocycles. The lowest BCUT2D eigenvalue weighted by molar-refractivity contribution is -0.255. The van der Waals surface area contributed by atoms with E-state index in [1.807, 2.05) is 30.3 Å². The van der Waals surface area contributed by atoms with E-state index in [0.29, 0.717) is 0 Å². The van der Waals surface area contributed by atoms with Gasteiger partial charge in [-0.3, -0.25) is 0 Å². The van der Waals surface area contributed by atoms with E-state index in [4.69, 9.17) is 4.74 Å². The van der Waals surface area contributed by atoms with Crippen LogP contribution in [-0.4, -0.2) is 18.4 Å². The molecule has 19 heavy (non-hydrogen) atoms. The highest BCUT2D eigenvalue weighted by Crippen LogP contribution is 2.41. The van der Waals surface area contributed by atoms with Crippen molar-refractivity contribution in [2.75, 3.05) is 6.61 Å². The maximum Gasteiger partial charge on any atom is 0.421 e. The first-order valence-corrected chi connectivity index (χ1v) is 6.14. The molecule has 102 valence electrons. The molecule has 0 aromatic heterocycles. The lowest BCUT2D eigenvalue weighted by atomic mass is 9.88. The van der Waals surface area contributed by atoms with Crippen LogP contribution in [0.3, 0.4) is 0 Å². The predicted molar refractivity (Wildman–Crippen MR) is 68.6 cm³/mol. The minimum absolute atomic E-state index is 0.0262. The molecule has 1 aliphatic carbocycles. The van der Waals surface area contributed by atoms with Crippen LogP contribution in [0.25, 0.3) is 5.57 Å². The number of benzene rings is 1. The topological polar surface area (TPSA) is 9.23 Å². The summed E-state index contributed by atoms with van der Waals surface area (Å²) in [6.45, 7) is 1.59. The molecule has 0 amide bonds.